The number of aliphatic hydroxyl groups is 2. The number of hydrogen-bond acceptors (Lipinski definition) is 6. The van der Waals surface area contributed by atoms with E-state index in [1.165, 1.54) is 57.8 Å². The molecule has 0 fully saturated rings. The van der Waals surface area contributed by atoms with E-state index in [0.29, 0.717) is 19.5 Å². The summed E-state index contributed by atoms with van der Waals surface area (Å²) in [6, 6.07) is 0. The molecule has 0 saturated heterocycles. The molecule has 0 aliphatic rings. The molecule has 0 aromatic rings. The van der Waals surface area contributed by atoms with Crippen LogP contribution in [0, 0.1) is 0 Å². The molecule has 0 heterocycles. The van der Waals surface area contributed by atoms with Crippen molar-refractivity contribution >= 4 is 10.4 Å². The predicted octanol–water partition coefficient (Wildman–Crippen LogP) is 3.07. The van der Waals surface area contributed by atoms with Crippen LogP contribution in [0.1, 0.15) is 84.0 Å². The van der Waals surface area contributed by atoms with Gasteiger partial charge in [-0.2, -0.15) is 8.42 Å². The molecule has 7 nitrogen and oxygen atoms in total. The second kappa shape index (κ2) is 22.8. The highest BCUT2D eigenvalue weighted by molar-refractivity contribution is 7.80. The SMILES string of the molecule is CCCCCCCCCCCCCCOS(=O)(=O)O.OCCNCCO. The maximum atomic E-state index is 10.3. The van der Waals surface area contributed by atoms with E-state index in [0.717, 1.165) is 12.8 Å². The van der Waals surface area contributed by atoms with E-state index in [1.807, 2.05) is 0 Å². The molecular formula is C18H41NO6S. The summed E-state index contributed by atoms with van der Waals surface area (Å²) in [5, 5.41) is 19.1. The first-order valence-corrected chi connectivity index (χ1v) is 11.4. The van der Waals surface area contributed by atoms with Gasteiger partial charge in [-0.15, -0.1) is 0 Å². The van der Waals surface area contributed by atoms with Crippen molar-refractivity contribution < 1.29 is 27.4 Å². The van der Waals surface area contributed by atoms with E-state index >= 15 is 0 Å². The minimum absolute atomic E-state index is 0.0935. The van der Waals surface area contributed by atoms with Crippen molar-refractivity contribution in [3.63, 3.8) is 0 Å². The van der Waals surface area contributed by atoms with Gasteiger partial charge in [-0.25, -0.2) is 4.18 Å². The quantitative estimate of drug-likeness (QED) is 0.207. The fraction of sp³-hybridized carbons (Fsp3) is 1.00. The van der Waals surface area contributed by atoms with Gasteiger partial charge in [0, 0.05) is 13.1 Å². The fourth-order valence-electron chi connectivity index (χ4n) is 2.39. The zero-order valence-corrected chi connectivity index (χ0v) is 17.3. The molecule has 0 unspecified atom stereocenters. The number of nitrogens with one attached hydrogen (secondary N) is 1. The first kappa shape index (κ1) is 28.0. The lowest BCUT2D eigenvalue weighted by Crippen LogP contribution is -2.21. The Morgan fingerprint density at radius 3 is 1.46 bits per heavy atom. The van der Waals surface area contributed by atoms with E-state index in [-0.39, 0.29) is 19.8 Å². The summed E-state index contributed by atoms with van der Waals surface area (Å²) in [6.07, 6.45) is 14.7. The maximum Gasteiger partial charge on any atom is 0.397 e. The van der Waals surface area contributed by atoms with Gasteiger partial charge in [-0.1, -0.05) is 77.6 Å². The van der Waals surface area contributed by atoms with E-state index in [1.54, 1.807) is 0 Å². The topological polar surface area (TPSA) is 116 Å². The van der Waals surface area contributed by atoms with E-state index in [2.05, 4.69) is 16.4 Å². The van der Waals surface area contributed by atoms with Crippen LogP contribution in [0.15, 0.2) is 0 Å². The lowest BCUT2D eigenvalue weighted by atomic mass is 10.1. The smallest absolute Gasteiger partial charge is 0.395 e. The van der Waals surface area contributed by atoms with Gasteiger partial charge in [-0.3, -0.25) is 4.55 Å². The zero-order valence-electron chi connectivity index (χ0n) is 16.5. The molecule has 0 aromatic carbocycles. The van der Waals surface area contributed by atoms with Gasteiger partial charge in [0.05, 0.1) is 19.8 Å². The van der Waals surface area contributed by atoms with Crippen molar-refractivity contribution in [3.05, 3.63) is 0 Å². The maximum absolute atomic E-state index is 10.3. The average Bonchev–Trinajstić information content (AvgIpc) is 2.59. The summed E-state index contributed by atoms with van der Waals surface area (Å²) in [7, 11) is -4.24. The minimum atomic E-state index is -4.24. The Morgan fingerprint density at radius 2 is 1.12 bits per heavy atom. The van der Waals surface area contributed by atoms with Crippen LogP contribution >= 0.6 is 0 Å². The molecule has 0 amide bonds. The predicted molar refractivity (Wildman–Crippen MR) is 106 cm³/mol. The molecule has 0 aromatic heterocycles. The Hall–Kier alpha value is -0.250. The monoisotopic (exact) mass is 399 g/mol. The highest BCUT2D eigenvalue weighted by Gasteiger charge is 2.02. The Labute approximate surface area is 160 Å². The van der Waals surface area contributed by atoms with Gasteiger partial charge in [-0.05, 0) is 6.42 Å². The third-order valence-corrected chi connectivity index (χ3v) is 4.27. The van der Waals surface area contributed by atoms with Crippen LogP contribution < -0.4 is 5.32 Å². The summed E-state index contributed by atoms with van der Waals surface area (Å²) in [6.45, 7) is 3.75. The van der Waals surface area contributed by atoms with Crippen molar-refractivity contribution in [2.75, 3.05) is 32.9 Å². The molecule has 4 N–H and O–H groups in total. The molecule has 0 aliphatic heterocycles. The normalized spacial score (nSPS) is 11.2. The third-order valence-electron chi connectivity index (χ3n) is 3.81. The van der Waals surface area contributed by atoms with Crippen LogP contribution in [0.3, 0.4) is 0 Å². The van der Waals surface area contributed by atoms with E-state index in [9.17, 15) is 8.42 Å². The Morgan fingerprint density at radius 1 is 0.731 bits per heavy atom. The lowest BCUT2D eigenvalue weighted by Gasteiger charge is -2.02. The summed E-state index contributed by atoms with van der Waals surface area (Å²) >= 11 is 0. The molecule has 26 heavy (non-hydrogen) atoms. The van der Waals surface area contributed by atoms with Gasteiger partial charge in [0.1, 0.15) is 0 Å². The standard InChI is InChI=1S/C14H30O4S.C4H11NO2/c1-2-3-4-5-6-7-8-9-10-11-12-13-14-18-19(15,16)17;6-3-1-5-2-4-7/h2-14H2,1H3,(H,15,16,17);5-7H,1-4H2. The van der Waals surface area contributed by atoms with Crippen molar-refractivity contribution in [2.24, 2.45) is 0 Å². The van der Waals surface area contributed by atoms with Crippen molar-refractivity contribution in [2.45, 2.75) is 84.0 Å². The molecule has 8 heteroatoms. The molecule has 160 valence electrons. The van der Waals surface area contributed by atoms with Crippen molar-refractivity contribution in [1.82, 2.24) is 5.32 Å². The van der Waals surface area contributed by atoms with Crippen LogP contribution in [0.5, 0.6) is 0 Å². The van der Waals surface area contributed by atoms with Crippen molar-refractivity contribution in [1.29, 1.82) is 0 Å². The average molecular weight is 400 g/mol. The van der Waals surface area contributed by atoms with Gasteiger partial charge < -0.3 is 15.5 Å². The Kier molecular flexibility index (Phi) is 24.5. The van der Waals surface area contributed by atoms with Crippen LogP contribution in [0.2, 0.25) is 0 Å². The molecule has 0 aliphatic carbocycles. The highest BCUT2D eigenvalue weighted by atomic mass is 32.3. The first-order chi connectivity index (χ1) is 12.5. The van der Waals surface area contributed by atoms with Gasteiger partial charge >= 0.3 is 10.4 Å². The number of aliphatic hydroxyl groups excluding tert-OH is 2. The summed E-state index contributed by atoms with van der Waals surface area (Å²) in [5.41, 5.74) is 0. The Bertz CT molecular complexity index is 348. The molecule has 0 bridgehead atoms. The number of hydrogen-bond donors (Lipinski definition) is 4. The fourth-order valence-corrected chi connectivity index (χ4v) is 2.72. The molecule has 0 spiro atoms. The molecule has 0 saturated carbocycles. The molecule has 0 radical (unpaired) electrons. The second-order valence-corrected chi connectivity index (χ2v) is 7.43. The van der Waals surface area contributed by atoms with Crippen LogP contribution in [0.25, 0.3) is 0 Å². The lowest BCUT2D eigenvalue weighted by molar-refractivity contribution is 0.261. The largest absolute Gasteiger partial charge is 0.397 e. The Balaban J connectivity index is 0. The van der Waals surface area contributed by atoms with E-state index < -0.39 is 10.4 Å². The first-order valence-electron chi connectivity index (χ1n) is 10.0. The van der Waals surface area contributed by atoms with Gasteiger partial charge in [0.25, 0.3) is 0 Å². The second-order valence-electron chi connectivity index (χ2n) is 6.34. The highest BCUT2D eigenvalue weighted by Crippen LogP contribution is 2.11. The summed E-state index contributed by atoms with van der Waals surface area (Å²) < 4.78 is 33.1. The van der Waals surface area contributed by atoms with Crippen molar-refractivity contribution in [3.8, 4) is 0 Å². The number of rotatable bonds is 18. The third kappa shape index (κ3) is 31.5. The number of unbranched alkanes of at least 4 members (excludes halogenated alkanes) is 11. The molecule has 0 rings (SSSR count). The summed E-state index contributed by atoms with van der Waals surface area (Å²) in [4.78, 5) is 0. The van der Waals surface area contributed by atoms with Crippen LogP contribution in [-0.4, -0.2) is 56.1 Å². The van der Waals surface area contributed by atoms with Crippen LogP contribution in [-0.2, 0) is 14.6 Å². The molecular weight excluding hydrogens is 358 g/mol. The zero-order chi connectivity index (χ0) is 19.9. The van der Waals surface area contributed by atoms with E-state index in [4.69, 9.17) is 14.8 Å². The van der Waals surface area contributed by atoms with Crippen LogP contribution in [0.4, 0.5) is 0 Å². The minimum Gasteiger partial charge on any atom is -0.395 e. The van der Waals surface area contributed by atoms with Gasteiger partial charge in [0.2, 0.25) is 0 Å². The summed E-state index contributed by atoms with van der Waals surface area (Å²) in [5.74, 6) is 0. The van der Waals surface area contributed by atoms with Gasteiger partial charge in [0.15, 0.2) is 0 Å². The molecule has 0 atom stereocenters.